The number of anilines is 2. The van der Waals surface area contributed by atoms with Gasteiger partial charge in [-0.2, -0.15) is 0 Å². The molecule has 154 valence electrons. The van der Waals surface area contributed by atoms with E-state index in [0.717, 1.165) is 12.0 Å². The third kappa shape index (κ3) is 5.98. The first-order valence-corrected chi connectivity index (χ1v) is 10.3. The molecule has 30 heavy (non-hydrogen) atoms. The zero-order valence-electron chi connectivity index (χ0n) is 17.3. The molecule has 0 bridgehead atoms. The van der Waals surface area contributed by atoms with E-state index in [1.807, 2.05) is 48.5 Å². The van der Waals surface area contributed by atoms with Crippen molar-refractivity contribution in [3.8, 4) is 11.5 Å². The highest BCUT2D eigenvalue weighted by atomic mass is 16.5. The maximum absolute atomic E-state index is 12.6. The number of carbonyl (C=O) groups excluding carboxylic acids is 1. The second-order valence-electron chi connectivity index (χ2n) is 7.33. The van der Waals surface area contributed by atoms with Crippen LogP contribution >= 0.6 is 0 Å². The summed E-state index contributed by atoms with van der Waals surface area (Å²) < 4.78 is 5.95. The summed E-state index contributed by atoms with van der Waals surface area (Å²) in [6, 6.07) is 20.5. The Bertz CT molecular complexity index is 1000. The zero-order chi connectivity index (χ0) is 21.3. The number of hydrogen-bond donors (Lipinski definition) is 2. The number of para-hydroxylation sites is 1. The van der Waals surface area contributed by atoms with Crippen LogP contribution in [0.5, 0.6) is 11.5 Å². The lowest BCUT2D eigenvalue weighted by Crippen LogP contribution is -1.96. The lowest BCUT2D eigenvalue weighted by molar-refractivity contribution is 0.104. The Balaban J connectivity index is 1.70. The minimum Gasteiger partial charge on any atom is -0.457 e. The Kier molecular flexibility index (Phi) is 7.28. The van der Waals surface area contributed by atoms with Crippen LogP contribution in [0.4, 0.5) is 11.4 Å². The summed E-state index contributed by atoms with van der Waals surface area (Å²) in [6.07, 6.45) is 8.01. The van der Waals surface area contributed by atoms with Gasteiger partial charge in [0, 0.05) is 34.6 Å². The van der Waals surface area contributed by atoms with Crippen molar-refractivity contribution in [3.05, 3.63) is 89.5 Å². The van der Waals surface area contributed by atoms with Gasteiger partial charge in [-0.1, -0.05) is 62.2 Å². The van der Waals surface area contributed by atoms with E-state index in [0.29, 0.717) is 28.4 Å². The summed E-state index contributed by atoms with van der Waals surface area (Å²) >= 11 is 0. The molecule has 3 rings (SSSR count). The first kappa shape index (κ1) is 21.2. The van der Waals surface area contributed by atoms with Crippen LogP contribution in [0.25, 0.3) is 6.08 Å². The van der Waals surface area contributed by atoms with E-state index in [-0.39, 0.29) is 5.78 Å². The van der Waals surface area contributed by atoms with Crippen LogP contribution in [-0.2, 0) is 6.42 Å². The second kappa shape index (κ2) is 10.3. The van der Waals surface area contributed by atoms with Crippen molar-refractivity contribution in [2.45, 2.75) is 32.6 Å². The third-order valence-corrected chi connectivity index (χ3v) is 4.82. The molecular weight excluding hydrogens is 372 g/mol. The number of hydrogen-bond acceptors (Lipinski definition) is 4. The van der Waals surface area contributed by atoms with Gasteiger partial charge in [-0.3, -0.25) is 4.79 Å². The average Bonchev–Trinajstić information content (AvgIpc) is 2.73. The van der Waals surface area contributed by atoms with Crippen LogP contribution in [0.3, 0.4) is 0 Å². The standard InChI is InChI=1S/C26H28N2O2/c1-2-3-4-7-19-10-12-20(13-11-19)25(29)15-14-21-8-5-6-9-26(21)30-24-17-22(27)16-23(28)18-24/h5-6,8-18H,2-4,7,27-28H2,1H3. The molecule has 0 radical (unpaired) electrons. The Morgan fingerprint density at radius 1 is 0.933 bits per heavy atom. The van der Waals surface area contributed by atoms with Gasteiger partial charge in [0.25, 0.3) is 0 Å². The predicted octanol–water partition coefficient (Wildman–Crippen LogP) is 6.27. The molecule has 0 atom stereocenters. The molecule has 0 saturated heterocycles. The van der Waals surface area contributed by atoms with E-state index in [4.69, 9.17) is 16.2 Å². The van der Waals surface area contributed by atoms with Gasteiger partial charge in [0.15, 0.2) is 5.78 Å². The molecule has 0 heterocycles. The SMILES string of the molecule is CCCCCc1ccc(C(=O)C=Cc2ccccc2Oc2cc(N)cc(N)c2)cc1. The van der Waals surface area contributed by atoms with E-state index < -0.39 is 0 Å². The van der Waals surface area contributed by atoms with Gasteiger partial charge in [0.2, 0.25) is 0 Å². The highest BCUT2D eigenvalue weighted by Crippen LogP contribution is 2.29. The number of carbonyl (C=O) groups is 1. The predicted molar refractivity (Wildman–Crippen MR) is 125 cm³/mol. The van der Waals surface area contributed by atoms with E-state index in [9.17, 15) is 4.79 Å². The van der Waals surface area contributed by atoms with E-state index >= 15 is 0 Å². The first-order valence-electron chi connectivity index (χ1n) is 10.3. The third-order valence-electron chi connectivity index (χ3n) is 4.82. The molecule has 0 spiro atoms. The van der Waals surface area contributed by atoms with Crippen LogP contribution in [0, 0.1) is 0 Å². The van der Waals surface area contributed by atoms with E-state index in [2.05, 4.69) is 6.92 Å². The molecule has 0 saturated carbocycles. The molecule has 0 aliphatic rings. The lowest BCUT2D eigenvalue weighted by atomic mass is 10.0. The summed E-state index contributed by atoms with van der Waals surface area (Å²) in [4.78, 5) is 12.6. The van der Waals surface area contributed by atoms with Crippen molar-refractivity contribution >= 4 is 23.2 Å². The van der Waals surface area contributed by atoms with Crippen LogP contribution in [0.15, 0.2) is 72.8 Å². The van der Waals surface area contributed by atoms with Crippen molar-refractivity contribution in [2.24, 2.45) is 0 Å². The highest BCUT2D eigenvalue weighted by Gasteiger charge is 2.06. The number of unbranched alkanes of at least 4 members (excludes halogenated alkanes) is 2. The van der Waals surface area contributed by atoms with Gasteiger partial charge < -0.3 is 16.2 Å². The van der Waals surface area contributed by atoms with E-state index in [1.54, 1.807) is 30.4 Å². The number of ketones is 1. The second-order valence-corrected chi connectivity index (χ2v) is 7.33. The fraction of sp³-hybridized carbons (Fsp3) is 0.192. The maximum Gasteiger partial charge on any atom is 0.185 e. The highest BCUT2D eigenvalue weighted by molar-refractivity contribution is 6.06. The number of rotatable bonds is 9. The maximum atomic E-state index is 12.6. The summed E-state index contributed by atoms with van der Waals surface area (Å²) in [5.41, 5.74) is 15.5. The van der Waals surface area contributed by atoms with Crippen molar-refractivity contribution < 1.29 is 9.53 Å². The molecule has 4 nitrogen and oxygen atoms in total. The normalized spacial score (nSPS) is 11.0. The molecule has 0 unspecified atom stereocenters. The Hall–Kier alpha value is -3.53. The molecular formula is C26H28N2O2. The van der Waals surface area contributed by atoms with Crippen molar-refractivity contribution in [2.75, 3.05) is 11.5 Å². The molecule has 4 heteroatoms. The van der Waals surface area contributed by atoms with Crippen LogP contribution in [0.2, 0.25) is 0 Å². The monoisotopic (exact) mass is 400 g/mol. The number of ether oxygens (including phenoxy) is 1. The molecule has 4 N–H and O–H groups in total. The smallest absolute Gasteiger partial charge is 0.185 e. The van der Waals surface area contributed by atoms with Crippen molar-refractivity contribution in [3.63, 3.8) is 0 Å². The summed E-state index contributed by atoms with van der Waals surface area (Å²) in [5, 5.41) is 0. The summed E-state index contributed by atoms with van der Waals surface area (Å²) in [6.45, 7) is 2.20. The zero-order valence-corrected chi connectivity index (χ0v) is 17.3. The van der Waals surface area contributed by atoms with Gasteiger partial charge in [-0.25, -0.2) is 0 Å². The largest absolute Gasteiger partial charge is 0.457 e. The van der Waals surface area contributed by atoms with Gasteiger partial charge in [0.1, 0.15) is 11.5 Å². The van der Waals surface area contributed by atoms with Crippen molar-refractivity contribution in [1.29, 1.82) is 0 Å². The average molecular weight is 401 g/mol. The molecule has 0 aromatic heterocycles. The quantitative estimate of drug-likeness (QED) is 0.192. The topological polar surface area (TPSA) is 78.3 Å². The van der Waals surface area contributed by atoms with Gasteiger partial charge in [-0.15, -0.1) is 0 Å². The van der Waals surface area contributed by atoms with Crippen LogP contribution < -0.4 is 16.2 Å². The lowest BCUT2D eigenvalue weighted by Gasteiger charge is -2.10. The molecule has 0 aliphatic heterocycles. The molecule has 0 aliphatic carbocycles. The fourth-order valence-corrected chi connectivity index (χ4v) is 3.22. The van der Waals surface area contributed by atoms with Crippen LogP contribution in [-0.4, -0.2) is 5.78 Å². The van der Waals surface area contributed by atoms with Gasteiger partial charge >= 0.3 is 0 Å². The van der Waals surface area contributed by atoms with Crippen molar-refractivity contribution in [1.82, 2.24) is 0 Å². The fourth-order valence-electron chi connectivity index (χ4n) is 3.22. The number of nitrogen functional groups attached to an aromatic ring is 2. The van der Waals surface area contributed by atoms with Crippen LogP contribution in [0.1, 0.15) is 47.7 Å². The minimum atomic E-state index is -0.0434. The molecule has 0 amide bonds. The summed E-state index contributed by atoms with van der Waals surface area (Å²) in [7, 11) is 0. The number of nitrogens with two attached hydrogens (primary N) is 2. The Morgan fingerprint density at radius 3 is 2.33 bits per heavy atom. The van der Waals surface area contributed by atoms with Gasteiger partial charge in [-0.05, 0) is 42.7 Å². The summed E-state index contributed by atoms with van der Waals surface area (Å²) in [5.74, 6) is 1.13. The molecule has 0 fully saturated rings. The first-order chi connectivity index (χ1) is 14.5. The van der Waals surface area contributed by atoms with Gasteiger partial charge in [0.05, 0.1) is 0 Å². The Morgan fingerprint density at radius 2 is 1.63 bits per heavy atom. The van der Waals surface area contributed by atoms with E-state index in [1.165, 1.54) is 24.8 Å². The number of aryl methyl sites for hydroxylation is 1. The molecule has 3 aromatic carbocycles. The minimum absolute atomic E-state index is 0.0434. The number of benzene rings is 3. The Labute approximate surface area is 178 Å². The molecule has 3 aromatic rings. The number of allylic oxidation sites excluding steroid dienone is 1.